The third kappa shape index (κ3) is 3.50. The van der Waals surface area contributed by atoms with Crippen molar-refractivity contribution in [2.24, 2.45) is 0 Å². The van der Waals surface area contributed by atoms with Crippen molar-refractivity contribution in [3.63, 3.8) is 0 Å². The lowest BCUT2D eigenvalue weighted by Crippen LogP contribution is -2.31. The molecule has 2 amide bonds. The van der Waals surface area contributed by atoms with E-state index in [0.29, 0.717) is 6.07 Å². The molecule has 0 saturated heterocycles. The number of nitrogens with two attached hydrogens (primary N) is 1. The van der Waals surface area contributed by atoms with Crippen LogP contribution in [0.25, 0.3) is 0 Å². The van der Waals surface area contributed by atoms with Crippen LogP contribution in [0.4, 0.5) is 17.1 Å². The number of rotatable bonds is 4. The lowest BCUT2D eigenvalue weighted by Gasteiger charge is -2.06. The lowest BCUT2D eigenvalue weighted by molar-refractivity contribution is -0.394. The predicted octanol–water partition coefficient (Wildman–Crippen LogP) is 1.66. The highest BCUT2D eigenvalue weighted by Gasteiger charge is 2.21. The molecule has 0 saturated carbocycles. The van der Waals surface area contributed by atoms with Crippen molar-refractivity contribution < 1.29 is 19.4 Å². The van der Waals surface area contributed by atoms with Crippen LogP contribution in [0, 0.1) is 20.2 Å². The molecule has 3 N–H and O–H groups in total. The molecule has 0 aromatic heterocycles. The van der Waals surface area contributed by atoms with E-state index in [0.717, 1.165) is 12.1 Å². The molecule has 0 aliphatic rings. The highest BCUT2D eigenvalue weighted by Crippen LogP contribution is 2.22. The number of carbonyl (C=O) groups is 2. The first-order chi connectivity index (χ1) is 11.3. The van der Waals surface area contributed by atoms with Crippen molar-refractivity contribution in [3.05, 3.63) is 73.8 Å². The van der Waals surface area contributed by atoms with Gasteiger partial charge in [-0.3, -0.25) is 35.1 Å². The molecule has 0 heterocycles. The van der Waals surface area contributed by atoms with Crippen LogP contribution in [0.1, 0.15) is 20.7 Å². The molecule has 0 spiro atoms. The van der Waals surface area contributed by atoms with Crippen LogP contribution in [-0.4, -0.2) is 21.7 Å². The first-order valence-electron chi connectivity index (χ1n) is 6.43. The molecule has 2 rings (SSSR count). The van der Waals surface area contributed by atoms with Crippen LogP contribution in [0.5, 0.6) is 0 Å². The number of hydrogen-bond acceptors (Lipinski definition) is 7. The maximum Gasteiger partial charge on any atom is 0.277 e. The van der Waals surface area contributed by atoms with Gasteiger partial charge in [-0.2, -0.15) is 0 Å². The van der Waals surface area contributed by atoms with Crippen LogP contribution >= 0.6 is 0 Å². The van der Waals surface area contributed by atoms with E-state index in [1.807, 2.05) is 5.32 Å². The van der Waals surface area contributed by atoms with E-state index in [1.165, 1.54) is 18.2 Å². The molecule has 0 fully saturated rings. The second-order valence-electron chi connectivity index (χ2n) is 4.62. The Morgan fingerprint density at radius 2 is 1.46 bits per heavy atom. The molecule has 0 atom stereocenters. The van der Waals surface area contributed by atoms with Gasteiger partial charge in [0.25, 0.3) is 23.2 Å². The molecule has 0 bridgehead atoms. The van der Waals surface area contributed by atoms with Gasteiger partial charge in [0.15, 0.2) is 0 Å². The van der Waals surface area contributed by atoms with Gasteiger partial charge >= 0.3 is 0 Å². The summed E-state index contributed by atoms with van der Waals surface area (Å²) in [5.74, 6) is -1.85. The number of nitrogen functional groups attached to an aromatic ring is 1. The minimum atomic E-state index is -1.02. The number of non-ortho nitro benzene ring substituents is 2. The Morgan fingerprint density at radius 3 is 1.96 bits per heavy atom. The molecular weight excluding hydrogens is 320 g/mol. The van der Waals surface area contributed by atoms with Crippen LogP contribution in [0.3, 0.4) is 0 Å². The molecule has 10 heteroatoms. The summed E-state index contributed by atoms with van der Waals surface area (Å²) < 4.78 is 0. The van der Waals surface area contributed by atoms with Crippen molar-refractivity contribution >= 4 is 28.9 Å². The second kappa shape index (κ2) is 6.52. The molecule has 2 aromatic rings. The number of benzene rings is 2. The van der Waals surface area contributed by atoms with Crippen molar-refractivity contribution in [3.8, 4) is 0 Å². The van der Waals surface area contributed by atoms with Gasteiger partial charge < -0.3 is 5.73 Å². The maximum absolute atomic E-state index is 12.1. The number of nitro groups is 2. The van der Waals surface area contributed by atoms with Gasteiger partial charge in [0.1, 0.15) is 0 Å². The van der Waals surface area contributed by atoms with Crippen molar-refractivity contribution in [2.75, 3.05) is 5.73 Å². The summed E-state index contributed by atoms with van der Waals surface area (Å²) in [5, 5.41) is 23.6. The summed E-state index contributed by atoms with van der Waals surface area (Å²) >= 11 is 0. The van der Waals surface area contributed by atoms with E-state index >= 15 is 0 Å². The maximum atomic E-state index is 12.1. The third-order valence-corrected chi connectivity index (χ3v) is 3.02. The quantitative estimate of drug-likeness (QED) is 0.373. The molecule has 0 unspecified atom stereocenters. The Kier molecular flexibility index (Phi) is 4.50. The highest BCUT2D eigenvalue weighted by molar-refractivity contribution is 6.12. The van der Waals surface area contributed by atoms with Crippen molar-refractivity contribution in [2.45, 2.75) is 0 Å². The summed E-state index contributed by atoms with van der Waals surface area (Å²) in [7, 11) is 0. The van der Waals surface area contributed by atoms with E-state index in [9.17, 15) is 29.8 Å². The van der Waals surface area contributed by atoms with Crippen LogP contribution < -0.4 is 11.1 Å². The number of anilines is 1. The van der Waals surface area contributed by atoms with Crippen LogP contribution in [0.2, 0.25) is 0 Å². The molecule has 122 valence electrons. The van der Waals surface area contributed by atoms with Crippen LogP contribution in [-0.2, 0) is 0 Å². The zero-order valence-corrected chi connectivity index (χ0v) is 12.0. The smallest absolute Gasteiger partial charge is 0.277 e. The fourth-order valence-electron chi connectivity index (χ4n) is 1.88. The Bertz CT molecular complexity index is 832. The minimum Gasteiger partial charge on any atom is -0.398 e. The summed E-state index contributed by atoms with van der Waals surface area (Å²) in [6.07, 6.45) is 0. The number of nitrogens with one attached hydrogen (secondary N) is 1. The fourth-order valence-corrected chi connectivity index (χ4v) is 1.88. The average molecular weight is 330 g/mol. The molecule has 2 aromatic carbocycles. The van der Waals surface area contributed by atoms with E-state index < -0.39 is 38.6 Å². The molecule has 0 radical (unpaired) electrons. The molecular formula is C14H10N4O6. The Balaban J connectivity index is 2.32. The van der Waals surface area contributed by atoms with Gasteiger partial charge in [-0.15, -0.1) is 0 Å². The predicted molar refractivity (Wildman–Crippen MR) is 82.4 cm³/mol. The number of amides is 2. The van der Waals surface area contributed by atoms with Gasteiger partial charge in [0, 0.05) is 17.8 Å². The normalized spacial score (nSPS) is 10.0. The monoisotopic (exact) mass is 330 g/mol. The number of imide groups is 1. The lowest BCUT2D eigenvalue weighted by atomic mass is 10.1. The zero-order valence-electron chi connectivity index (χ0n) is 12.0. The highest BCUT2D eigenvalue weighted by atomic mass is 16.6. The number of hydrogen-bond donors (Lipinski definition) is 2. The van der Waals surface area contributed by atoms with Crippen LogP contribution in [0.15, 0.2) is 42.5 Å². The average Bonchev–Trinajstić information content (AvgIpc) is 2.54. The molecule has 0 aliphatic heterocycles. The van der Waals surface area contributed by atoms with Gasteiger partial charge in [-0.25, -0.2) is 0 Å². The van der Waals surface area contributed by atoms with Crippen molar-refractivity contribution in [1.82, 2.24) is 5.32 Å². The number of para-hydroxylation sites is 1. The topological polar surface area (TPSA) is 158 Å². The Hall–Kier alpha value is -3.82. The van der Waals surface area contributed by atoms with E-state index in [-0.39, 0.29) is 11.3 Å². The summed E-state index contributed by atoms with van der Waals surface area (Å²) in [6.45, 7) is 0. The van der Waals surface area contributed by atoms with Gasteiger partial charge in [-0.05, 0) is 12.1 Å². The van der Waals surface area contributed by atoms with E-state index in [4.69, 9.17) is 5.73 Å². The Labute approximate surface area is 134 Å². The van der Waals surface area contributed by atoms with Gasteiger partial charge in [0.2, 0.25) is 0 Å². The standard InChI is InChI=1S/C14H10N4O6/c15-12-4-2-1-3-11(12)14(20)16-13(19)8-5-9(17(21)22)7-10(6-8)18(23)24/h1-7H,15H2,(H,16,19,20). The first kappa shape index (κ1) is 16.5. The summed E-state index contributed by atoms with van der Waals surface area (Å²) in [4.78, 5) is 43.9. The minimum absolute atomic E-state index is 0.0331. The molecule has 0 aliphatic carbocycles. The van der Waals surface area contributed by atoms with E-state index in [1.54, 1.807) is 6.07 Å². The summed E-state index contributed by atoms with van der Waals surface area (Å²) in [5.41, 5.74) is 4.11. The van der Waals surface area contributed by atoms with Crippen molar-refractivity contribution in [1.29, 1.82) is 0 Å². The SMILES string of the molecule is Nc1ccccc1C(=O)NC(=O)c1cc([N+](=O)[O-])cc([N+](=O)[O-])c1. The first-order valence-corrected chi connectivity index (χ1v) is 6.43. The molecule has 24 heavy (non-hydrogen) atoms. The zero-order chi connectivity index (χ0) is 17.9. The van der Waals surface area contributed by atoms with E-state index in [2.05, 4.69) is 0 Å². The number of carbonyl (C=O) groups excluding carboxylic acids is 2. The number of nitrogens with zero attached hydrogens (tertiary/aromatic N) is 2. The fraction of sp³-hybridized carbons (Fsp3) is 0. The number of nitro benzene ring substituents is 2. The second-order valence-corrected chi connectivity index (χ2v) is 4.62. The van der Waals surface area contributed by atoms with Gasteiger partial charge in [0.05, 0.1) is 27.0 Å². The van der Waals surface area contributed by atoms with Gasteiger partial charge in [-0.1, -0.05) is 12.1 Å². The third-order valence-electron chi connectivity index (χ3n) is 3.02. The largest absolute Gasteiger partial charge is 0.398 e. The summed E-state index contributed by atoms with van der Waals surface area (Å²) in [6, 6.07) is 8.36. The Morgan fingerprint density at radius 1 is 0.917 bits per heavy atom. The molecule has 10 nitrogen and oxygen atoms in total.